The first kappa shape index (κ1) is 10.2. The minimum Gasteiger partial charge on any atom is -0.0887 e. The van der Waals surface area contributed by atoms with Crippen molar-refractivity contribution >= 4 is 15.9 Å². The molecule has 0 fully saturated rings. The first-order chi connectivity index (χ1) is 6.81. The Morgan fingerprint density at radius 2 is 1.86 bits per heavy atom. The number of fused-ring (bicyclic) bond motifs is 1. The quantitative estimate of drug-likeness (QED) is 0.715. The van der Waals surface area contributed by atoms with Crippen molar-refractivity contribution in [2.45, 2.75) is 37.4 Å². The molecule has 14 heavy (non-hydrogen) atoms. The highest BCUT2D eigenvalue weighted by molar-refractivity contribution is 9.09. The van der Waals surface area contributed by atoms with Gasteiger partial charge in [-0.05, 0) is 36.3 Å². The van der Waals surface area contributed by atoms with E-state index in [0.717, 1.165) is 5.92 Å². The Bertz CT molecular complexity index is 281. The predicted octanol–water partition coefficient (Wildman–Crippen LogP) is 3.97. The first-order valence-corrected chi connectivity index (χ1v) is 6.43. The summed E-state index contributed by atoms with van der Waals surface area (Å²) >= 11 is 3.82. The number of hydrogen-bond donors (Lipinski definition) is 0. The zero-order valence-corrected chi connectivity index (χ0v) is 10.3. The molecule has 0 nitrogen and oxygen atoms in total. The molecule has 1 atom stereocenters. The van der Waals surface area contributed by atoms with Crippen LogP contribution in [0.2, 0.25) is 0 Å². The van der Waals surface area contributed by atoms with Gasteiger partial charge in [-0.25, -0.2) is 0 Å². The van der Waals surface area contributed by atoms with E-state index in [2.05, 4.69) is 47.1 Å². The average Bonchev–Trinajstić information content (AvgIpc) is 2.61. The van der Waals surface area contributed by atoms with Crippen LogP contribution in [0.15, 0.2) is 24.3 Å². The van der Waals surface area contributed by atoms with Gasteiger partial charge in [0.25, 0.3) is 0 Å². The number of benzene rings is 1. The third-order valence-corrected chi connectivity index (χ3v) is 4.36. The summed E-state index contributed by atoms with van der Waals surface area (Å²) in [7, 11) is 0. The molecule has 0 spiro atoms. The van der Waals surface area contributed by atoms with Gasteiger partial charge in [0.1, 0.15) is 0 Å². The largest absolute Gasteiger partial charge is 0.0887 e. The maximum atomic E-state index is 3.82. The molecule has 0 aromatic heterocycles. The van der Waals surface area contributed by atoms with Crippen LogP contribution >= 0.6 is 15.9 Å². The fourth-order valence-electron chi connectivity index (χ4n) is 2.36. The number of halogens is 1. The van der Waals surface area contributed by atoms with E-state index in [1.54, 1.807) is 11.1 Å². The summed E-state index contributed by atoms with van der Waals surface area (Å²) in [6.07, 6.45) is 5.12. The summed E-state index contributed by atoms with van der Waals surface area (Å²) in [4.78, 5) is 0.708. The Kier molecular flexibility index (Phi) is 3.27. The van der Waals surface area contributed by atoms with Crippen molar-refractivity contribution in [3.8, 4) is 0 Å². The van der Waals surface area contributed by atoms with E-state index in [4.69, 9.17) is 0 Å². The van der Waals surface area contributed by atoms with Crippen molar-refractivity contribution in [1.29, 1.82) is 0 Å². The van der Waals surface area contributed by atoms with Crippen LogP contribution in [0.25, 0.3) is 0 Å². The highest BCUT2D eigenvalue weighted by Crippen LogP contribution is 2.33. The van der Waals surface area contributed by atoms with Crippen molar-refractivity contribution in [3.63, 3.8) is 0 Å². The lowest BCUT2D eigenvalue weighted by molar-refractivity contribution is 0.512. The summed E-state index contributed by atoms with van der Waals surface area (Å²) in [6.45, 7) is 2.26. The van der Waals surface area contributed by atoms with Crippen LogP contribution in [0.4, 0.5) is 0 Å². The molecule has 0 N–H and O–H groups in total. The Morgan fingerprint density at radius 1 is 1.29 bits per heavy atom. The zero-order valence-electron chi connectivity index (χ0n) is 8.67. The molecule has 1 unspecified atom stereocenters. The van der Waals surface area contributed by atoms with Crippen LogP contribution in [0.1, 0.15) is 30.9 Å². The van der Waals surface area contributed by atoms with E-state index < -0.39 is 0 Å². The minimum absolute atomic E-state index is 0.708. The molecule has 1 aliphatic carbocycles. The lowest BCUT2D eigenvalue weighted by atomic mass is 9.99. The zero-order chi connectivity index (χ0) is 9.97. The van der Waals surface area contributed by atoms with Gasteiger partial charge in [-0.3, -0.25) is 0 Å². The van der Waals surface area contributed by atoms with Crippen LogP contribution in [0, 0.1) is 5.92 Å². The van der Waals surface area contributed by atoms with Crippen molar-refractivity contribution < 1.29 is 0 Å². The molecule has 0 aliphatic heterocycles. The lowest BCUT2D eigenvalue weighted by Gasteiger charge is -2.15. The van der Waals surface area contributed by atoms with Crippen molar-refractivity contribution in [2.24, 2.45) is 5.92 Å². The van der Waals surface area contributed by atoms with Gasteiger partial charge in [-0.2, -0.15) is 0 Å². The van der Waals surface area contributed by atoms with Gasteiger partial charge in [0.2, 0.25) is 0 Å². The van der Waals surface area contributed by atoms with Crippen molar-refractivity contribution in [1.82, 2.24) is 0 Å². The standard InChI is InChI=1S/C13H17Br/c1-2-5-13(14)12-8-10-6-3-4-7-11(10)9-12/h3-4,6-7,12-13H,2,5,8-9H2,1H3. The summed E-state index contributed by atoms with van der Waals surface area (Å²) in [5, 5.41) is 0. The van der Waals surface area contributed by atoms with Gasteiger partial charge in [0, 0.05) is 4.83 Å². The molecule has 0 amide bonds. The summed E-state index contributed by atoms with van der Waals surface area (Å²) in [5.41, 5.74) is 3.14. The number of alkyl halides is 1. The summed E-state index contributed by atoms with van der Waals surface area (Å²) < 4.78 is 0. The van der Waals surface area contributed by atoms with E-state index in [0.29, 0.717) is 4.83 Å². The lowest BCUT2D eigenvalue weighted by Crippen LogP contribution is -2.14. The highest BCUT2D eigenvalue weighted by Gasteiger charge is 2.25. The van der Waals surface area contributed by atoms with Crippen LogP contribution in [-0.2, 0) is 12.8 Å². The maximum absolute atomic E-state index is 3.82. The van der Waals surface area contributed by atoms with Gasteiger partial charge in [0.05, 0.1) is 0 Å². The van der Waals surface area contributed by atoms with Crippen LogP contribution in [0.5, 0.6) is 0 Å². The average molecular weight is 253 g/mol. The molecule has 0 radical (unpaired) electrons. The minimum atomic E-state index is 0.708. The van der Waals surface area contributed by atoms with Gasteiger partial charge in [0.15, 0.2) is 0 Å². The summed E-state index contributed by atoms with van der Waals surface area (Å²) in [5.74, 6) is 0.826. The summed E-state index contributed by atoms with van der Waals surface area (Å²) in [6, 6.07) is 8.87. The van der Waals surface area contributed by atoms with E-state index in [1.165, 1.54) is 25.7 Å². The molecular formula is C13H17Br. The number of hydrogen-bond acceptors (Lipinski definition) is 0. The topological polar surface area (TPSA) is 0 Å². The Labute approximate surface area is 94.8 Å². The number of rotatable bonds is 3. The second-order valence-corrected chi connectivity index (χ2v) is 5.42. The first-order valence-electron chi connectivity index (χ1n) is 5.52. The fraction of sp³-hybridized carbons (Fsp3) is 0.538. The molecule has 0 bridgehead atoms. The molecule has 0 heterocycles. The monoisotopic (exact) mass is 252 g/mol. The molecule has 1 aromatic rings. The Morgan fingerprint density at radius 3 is 2.36 bits per heavy atom. The van der Waals surface area contributed by atoms with Gasteiger partial charge < -0.3 is 0 Å². The maximum Gasteiger partial charge on any atom is 0.0180 e. The Hall–Kier alpha value is -0.300. The highest BCUT2D eigenvalue weighted by atomic mass is 79.9. The second-order valence-electron chi connectivity index (χ2n) is 4.24. The van der Waals surface area contributed by atoms with Crippen LogP contribution < -0.4 is 0 Å². The second kappa shape index (κ2) is 4.48. The third-order valence-electron chi connectivity index (χ3n) is 3.16. The Balaban J connectivity index is 2.04. The van der Waals surface area contributed by atoms with Gasteiger partial charge in [-0.15, -0.1) is 0 Å². The molecule has 1 aromatic carbocycles. The molecule has 2 rings (SSSR count). The van der Waals surface area contributed by atoms with Gasteiger partial charge in [-0.1, -0.05) is 53.5 Å². The molecular weight excluding hydrogens is 236 g/mol. The fourth-order valence-corrected chi connectivity index (χ4v) is 3.19. The molecule has 1 aliphatic rings. The van der Waals surface area contributed by atoms with E-state index in [1.807, 2.05) is 0 Å². The van der Waals surface area contributed by atoms with E-state index in [9.17, 15) is 0 Å². The third kappa shape index (κ3) is 2.03. The molecule has 0 saturated carbocycles. The SMILES string of the molecule is CCCC(Br)C1Cc2ccccc2C1. The molecule has 1 heteroatoms. The van der Waals surface area contributed by atoms with E-state index in [-0.39, 0.29) is 0 Å². The smallest absolute Gasteiger partial charge is 0.0180 e. The predicted molar refractivity (Wildman–Crippen MR) is 65.0 cm³/mol. The normalized spacial score (nSPS) is 18.1. The van der Waals surface area contributed by atoms with Crippen LogP contribution in [0.3, 0.4) is 0 Å². The van der Waals surface area contributed by atoms with Crippen LogP contribution in [-0.4, -0.2) is 4.83 Å². The molecule has 76 valence electrons. The van der Waals surface area contributed by atoms with Gasteiger partial charge >= 0.3 is 0 Å². The molecule has 0 saturated heterocycles. The van der Waals surface area contributed by atoms with Crippen molar-refractivity contribution in [2.75, 3.05) is 0 Å². The van der Waals surface area contributed by atoms with E-state index >= 15 is 0 Å². The van der Waals surface area contributed by atoms with Crippen molar-refractivity contribution in [3.05, 3.63) is 35.4 Å².